The summed E-state index contributed by atoms with van der Waals surface area (Å²) in [4.78, 5) is 46.2. The number of rotatable bonds is 11. The van der Waals surface area contributed by atoms with Gasteiger partial charge >= 0.3 is 0 Å². The van der Waals surface area contributed by atoms with Gasteiger partial charge in [-0.25, -0.2) is 0 Å². The number of nitrogens with zero attached hydrogens (tertiary/aromatic N) is 2. The van der Waals surface area contributed by atoms with Crippen molar-refractivity contribution in [1.29, 1.82) is 0 Å². The van der Waals surface area contributed by atoms with Gasteiger partial charge < -0.3 is 25.2 Å². The van der Waals surface area contributed by atoms with Gasteiger partial charge in [-0.3, -0.25) is 14.4 Å². The van der Waals surface area contributed by atoms with Crippen molar-refractivity contribution in [2.24, 2.45) is 23.7 Å². The number of halogens is 1. The molecule has 1 aromatic rings. The van der Waals surface area contributed by atoms with E-state index < -0.39 is 29.6 Å². The summed E-state index contributed by atoms with van der Waals surface area (Å²) in [6.07, 6.45) is 8.38. The molecule has 0 aromatic heterocycles. The van der Waals surface area contributed by atoms with Crippen molar-refractivity contribution in [3.05, 3.63) is 41.4 Å². The third-order valence-electron chi connectivity index (χ3n) is 9.79. The average Bonchev–Trinajstić information content (AvgIpc) is 3.57. The minimum Gasteiger partial charge on any atom is -0.359 e. The van der Waals surface area contributed by atoms with E-state index in [2.05, 4.69) is 43.2 Å². The Kier molecular flexibility index (Phi) is 9.12. The number of fused-ring (bicyclic) bond motifs is 1. The van der Waals surface area contributed by atoms with Crippen molar-refractivity contribution in [2.45, 2.75) is 83.6 Å². The molecule has 1 aliphatic carbocycles. The molecule has 8 atom stereocenters. The molecule has 5 rings (SSSR count). The number of likely N-dealkylation sites (tertiary alicyclic amines) is 1. The molecule has 2 N–H and O–H groups in total. The molecule has 2 saturated heterocycles. The van der Waals surface area contributed by atoms with Gasteiger partial charge in [0.1, 0.15) is 11.6 Å². The molecule has 0 unspecified atom stereocenters. The van der Waals surface area contributed by atoms with Crippen molar-refractivity contribution in [1.82, 2.24) is 15.1 Å². The molecule has 9 heteroatoms. The van der Waals surface area contributed by atoms with Gasteiger partial charge in [-0.05, 0) is 62.4 Å². The zero-order chi connectivity index (χ0) is 29.3. The Bertz CT molecular complexity index is 1170. The van der Waals surface area contributed by atoms with Gasteiger partial charge in [0, 0.05) is 29.8 Å². The molecule has 1 saturated carbocycles. The van der Waals surface area contributed by atoms with E-state index in [4.69, 9.17) is 16.3 Å². The predicted molar refractivity (Wildman–Crippen MR) is 160 cm³/mol. The first-order valence-electron chi connectivity index (χ1n) is 15.5. The number of anilines is 1. The van der Waals surface area contributed by atoms with Crippen molar-refractivity contribution in [3.8, 4) is 0 Å². The summed E-state index contributed by atoms with van der Waals surface area (Å²) in [7, 11) is 0. The molecule has 3 aliphatic heterocycles. The van der Waals surface area contributed by atoms with Crippen LogP contribution in [0.5, 0.6) is 0 Å². The lowest BCUT2D eigenvalue weighted by atomic mass is 9.73. The maximum Gasteiger partial charge on any atom is 0.246 e. The lowest BCUT2D eigenvalue weighted by Crippen LogP contribution is -2.58. The van der Waals surface area contributed by atoms with E-state index >= 15 is 0 Å². The second-order valence-electron chi connectivity index (χ2n) is 12.5. The number of hydrogen-bond acceptors (Lipinski definition) is 5. The van der Waals surface area contributed by atoms with Crippen LogP contribution in [0.3, 0.4) is 0 Å². The van der Waals surface area contributed by atoms with Gasteiger partial charge in [-0.1, -0.05) is 70.4 Å². The predicted octanol–water partition coefficient (Wildman–Crippen LogP) is 4.49. The smallest absolute Gasteiger partial charge is 0.246 e. The molecule has 3 fully saturated rings. The van der Waals surface area contributed by atoms with Gasteiger partial charge in [0.2, 0.25) is 17.7 Å². The van der Waals surface area contributed by atoms with Crippen LogP contribution in [0.15, 0.2) is 36.4 Å². The normalized spacial score (nSPS) is 33.9. The van der Waals surface area contributed by atoms with Crippen molar-refractivity contribution >= 4 is 35.0 Å². The van der Waals surface area contributed by atoms with Crippen LogP contribution in [-0.2, 0) is 19.1 Å². The Morgan fingerprint density at radius 3 is 2.59 bits per heavy atom. The Hall–Kier alpha value is -2.42. The Morgan fingerprint density at radius 1 is 1.12 bits per heavy atom. The fourth-order valence-electron chi connectivity index (χ4n) is 7.56. The number of hydrogen-bond donors (Lipinski definition) is 2. The first kappa shape index (κ1) is 30.1. The summed E-state index contributed by atoms with van der Waals surface area (Å²) in [5, 5.41) is 6.79. The first-order chi connectivity index (χ1) is 19.7. The van der Waals surface area contributed by atoms with Crippen LogP contribution in [0.1, 0.15) is 59.8 Å². The number of ether oxygens (including phenoxy) is 1. The summed E-state index contributed by atoms with van der Waals surface area (Å²) >= 11 is 6.14. The lowest BCUT2D eigenvalue weighted by Gasteiger charge is -2.38. The summed E-state index contributed by atoms with van der Waals surface area (Å²) in [5.74, 6) is -1.27. The van der Waals surface area contributed by atoms with Crippen LogP contribution < -0.4 is 10.6 Å². The van der Waals surface area contributed by atoms with Gasteiger partial charge in [0.05, 0.1) is 17.9 Å². The standard InChI is InChI=1S/C32H45ClN4O4/c1-5-15-36(16-6-2)17-18-37-28(30(39)35-24-12-7-9-20(3)21(24)4)32-14-13-25(41-32)26(27(32)31(37)40)29(38)34-23-11-8-10-22(33)19-23/h8,10-11,13-14,19-21,24-28H,5-7,9,12,15-18H2,1-4H3,(H,34,38)(H,35,39)/t20-,21-,24+,25-,26+,27-,28-,32-/m0/s1. The summed E-state index contributed by atoms with van der Waals surface area (Å²) in [6, 6.07) is 6.20. The van der Waals surface area contributed by atoms with Crippen molar-refractivity contribution in [3.63, 3.8) is 0 Å². The zero-order valence-corrected chi connectivity index (χ0v) is 25.5. The van der Waals surface area contributed by atoms with Crippen molar-refractivity contribution in [2.75, 3.05) is 31.5 Å². The number of carbonyl (C=O) groups excluding carboxylic acids is 3. The fraction of sp³-hybridized carbons (Fsp3) is 0.656. The molecule has 1 aromatic carbocycles. The van der Waals surface area contributed by atoms with Crippen LogP contribution in [0, 0.1) is 23.7 Å². The maximum atomic E-state index is 14.3. The van der Waals surface area contributed by atoms with Crippen molar-refractivity contribution < 1.29 is 19.1 Å². The second-order valence-corrected chi connectivity index (χ2v) is 12.9. The number of carbonyl (C=O) groups is 3. The molecule has 8 nitrogen and oxygen atoms in total. The highest BCUT2D eigenvalue weighted by Crippen LogP contribution is 2.55. The highest BCUT2D eigenvalue weighted by atomic mass is 35.5. The van der Waals surface area contributed by atoms with Crippen LogP contribution in [0.4, 0.5) is 5.69 Å². The van der Waals surface area contributed by atoms with E-state index in [1.807, 2.05) is 12.2 Å². The van der Waals surface area contributed by atoms with E-state index in [0.29, 0.717) is 35.6 Å². The minimum absolute atomic E-state index is 0.0554. The van der Waals surface area contributed by atoms with Gasteiger partial charge in [-0.15, -0.1) is 0 Å². The monoisotopic (exact) mass is 584 g/mol. The highest BCUT2D eigenvalue weighted by molar-refractivity contribution is 6.30. The quantitative estimate of drug-likeness (QED) is 0.374. The molecule has 4 aliphatic rings. The SMILES string of the molecule is CCCN(CCC)CCN1C(=O)[C@@H]2[C@H](C(=O)Nc3cccc(Cl)c3)[C@@H]3C=C[C@@]2(O3)[C@@H]1C(=O)N[C@@H]1CCC[C@H](C)[C@@H]1C. The van der Waals surface area contributed by atoms with E-state index in [1.54, 1.807) is 29.2 Å². The maximum absolute atomic E-state index is 14.3. The minimum atomic E-state index is -1.16. The van der Waals surface area contributed by atoms with Gasteiger partial charge in [0.25, 0.3) is 0 Å². The summed E-state index contributed by atoms with van der Waals surface area (Å²) in [6.45, 7) is 11.7. The Balaban J connectivity index is 1.43. The molecule has 224 valence electrons. The van der Waals surface area contributed by atoms with Gasteiger partial charge in [0.15, 0.2) is 0 Å². The summed E-state index contributed by atoms with van der Waals surface area (Å²) < 4.78 is 6.52. The third-order valence-corrected chi connectivity index (χ3v) is 10.0. The van der Waals surface area contributed by atoms with Crippen LogP contribution in [0.25, 0.3) is 0 Å². The number of amides is 3. The van der Waals surface area contributed by atoms with Crippen LogP contribution in [-0.4, -0.2) is 77.5 Å². The molecule has 41 heavy (non-hydrogen) atoms. The van der Waals surface area contributed by atoms with Crippen LogP contribution in [0.2, 0.25) is 5.02 Å². The molecule has 1 spiro atoms. The molecule has 0 radical (unpaired) electrons. The number of nitrogens with one attached hydrogen (secondary N) is 2. The van der Waals surface area contributed by atoms with E-state index in [1.165, 1.54) is 0 Å². The molecular weight excluding hydrogens is 540 g/mol. The van der Waals surface area contributed by atoms with E-state index in [9.17, 15) is 14.4 Å². The summed E-state index contributed by atoms with van der Waals surface area (Å²) in [5.41, 5.74) is -0.596. The molecule has 2 bridgehead atoms. The highest BCUT2D eigenvalue weighted by Gasteiger charge is 2.72. The number of benzene rings is 1. The Labute approximate surface area is 249 Å². The lowest BCUT2D eigenvalue weighted by molar-refractivity contribution is -0.141. The Morgan fingerprint density at radius 2 is 1.88 bits per heavy atom. The van der Waals surface area contributed by atoms with Gasteiger partial charge in [-0.2, -0.15) is 0 Å². The third kappa shape index (κ3) is 5.67. The molecule has 3 amide bonds. The first-order valence-corrected chi connectivity index (χ1v) is 15.8. The van der Waals surface area contributed by atoms with E-state index in [0.717, 1.165) is 45.2 Å². The fourth-order valence-corrected chi connectivity index (χ4v) is 7.75. The van der Waals surface area contributed by atoms with E-state index in [-0.39, 0.29) is 23.8 Å². The zero-order valence-electron chi connectivity index (χ0n) is 24.8. The molecule has 3 heterocycles. The largest absolute Gasteiger partial charge is 0.359 e. The topological polar surface area (TPSA) is 91.0 Å². The second kappa shape index (κ2) is 12.4. The average molecular weight is 585 g/mol. The van der Waals surface area contributed by atoms with Crippen LogP contribution >= 0.6 is 11.6 Å². The molecular formula is C32H45ClN4O4.